The molecule has 0 saturated carbocycles. The fourth-order valence-corrected chi connectivity index (χ4v) is 5.28. The minimum absolute atomic E-state index is 0.120. The molecule has 4 aromatic rings. The highest BCUT2D eigenvalue weighted by atomic mass is 16.5. The molecule has 4 bridgehead atoms. The van der Waals surface area contributed by atoms with Gasteiger partial charge < -0.3 is 35.1 Å². The van der Waals surface area contributed by atoms with Crippen LogP contribution in [0.3, 0.4) is 0 Å². The van der Waals surface area contributed by atoms with Crippen molar-refractivity contribution in [1.82, 2.24) is 40.8 Å². The summed E-state index contributed by atoms with van der Waals surface area (Å²) in [6, 6.07) is 14.2. The summed E-state index contributed by atoms with van der Waals surface area (Å²) >= 11 is 0. The molecular formula is C32H32N8O7. The van der Waals surface area contributed by atoms with Crippen molar-refractivity contribution in [3.8, 4) is 17.4 Å². The minimum Gasteiger partial charge on any atom is -0.486 e. The lowest BCUT2D eigenvalue weighted by atomic mass is 10.1. The van der Waals surface area contributed by atoms with E-state index in [0.29, 0.717) is 12.3 Å². The summed E-state index contributed by atoms with van der Waals surface area (Å²) in [6.45, 7) is 0.865. The van der Waals surface area contributed by atoms with Crippen molar-refractivity contribution in [3.63, 3.8) is 0 Å². The van der Waals surface area contributed by atoms with Crippen LogP contribution in [0.1, 0.15) is 36.6 Å². The van der Waals surface area contributed by atoms with Gasteiger partial charge in [-0.15, -0.1) is 5.10 Å². The first kappa shape index (κ1) is 31.0. The van der Waals surface area contributed by atoms with Gasteiger partial charge in [0.1, 0.15) is 23.2 Å². The van der Waals surface area contributed by atoms with Crippen molar-refractivity contribution >= 4 is 23.6 Å². The smallest absolute Gasteiger partial charge is 0.259 e. The predicted molar refractivity (Wildman–Crippen MR) is 165 cm³/mol. The molecule has 0 aliphatic carbocycles. The Labute approximate surface area is 269 Å². The fraction of sp³-hybridized carbons (Fsp3) is 0.281. The Hall–Kier alpha value is -5.99. The number of pyridine rings is 1. The number of fused-ring (bicyclic) bond motifs is 7. The number of nitrogens with zero attached hydrogens (tertiary/aromatic N) is 5. The number of methoxy groups -OCH3 is 1. The molecule has 15 nitrogen and oxygen atoms in total. The van der Waals surface area contributed by atoms with Gasteiger partial charge in [0, 0.05) is 43.2 Å². The SMILES string of the molecule is COc1ncccc1C(=O)N1C[C@@H]2NC(=O)c3cc(cc(C(=O)NCCn4ccnn4)c3)OCC(=O)NCc3ccc(cc3)O[C@H]2C1. The number of rotatable bonds is 6. The average molecular weight is 641 g/mol. The molecule has 15 heteroatoms. The number of amides is 4. The standard InChI is InChI=1S/C32H32N8O7/c1-45-31-25(3-2-8-34-31)32(44)39-17-26-27(18-39)47-23-6-4-20(5-7-23)16-35-28(41)19-46-24-14-21(13-22(15-24)30(43)37-26)29(42)33-9-11-40-12-10-36-38-40/h2-8,10,12-15,26-27H,9,11,16-19H2,1H3,(H,33,42)(H,35,41)(H,37,43)/t26-,27-/m0/s1. The zero-order valence-corrected chi connectivity index (χ0v) is 25.4. The third kappa shape index (κ3) is 7.46. The van der Waals surface area contributed by atoms with Gasteiger partial charge in [0.15, 0.2) is 6.61 Å². The highest BCUT2D eigenvalue weighted by Crippen LogP contribution is 2.25. The normalized spacial score (nSPS) is 17.8. The molecule has 7 rings (SSSR count). The lowest BCUT2D eigenvalue weighted by Crippen LogP contribution is -2.45. The summed E-state index contributed by atoms with van der Waals surface area (Å²) in [5.74, 6) is -0.815. The van der Waals surface area contributed by atoms with Crippen molar-refractivity contribution in [2.24, 2.45) is 0 Å². The Morgan fingerprint density at radius 2 is 1.91 bits per heavy atom. The molecule has 3 aliphatic heterocycles. The monoisotopic (exact) mass is 640 g/mol. The molecule has 0 unspecified atom stereocenters. The summed E-state index contributed by atoms with van der Waals surface area (Å²) in [5, 5.41) is 16.2. The highest BCUT2D eigenvalue weighted by Gasteiger charge is 2.39. The maximum Gasteiger partial charge on any atom is 0.259 e. The number of hydrogen-bond donors (Lipinski definition) is 3. The number of ether oxygens (including phenoxy) is 3. The van der Waals surface area contributed by atoms with Gasteiger partial charge in [-0.05, 0) is 48.0 Å². The lowest BCUT2D eigenvalue weighted by Gasteiger charge is -2.21. The van der Waals surface area contributed by atoms with E-state index in [1.165, 1.54) is 37.7 Å². The van der Waals surface area contributed by atoms with Crippen molar-refractivity contribution < 1.29 is 33.4 Å². The van der Waals surface area contributed by atoms with Crippen LogP contribution in [-0.4, -0.2) is 94.0 Å². The molecule has 1 saturated heterocycles. The number of aromatic nitrogens is 4. The molecule has 0 spiro atoms. The molecule has 2 atom stereocenters. The van der Waals surface area contributed by atoms with E-state index in [0.717, 1.165) is 5.56 Å². The first-order valence-corrected chi connectivity index (χ1v) is 14.9. The van der Waals surface area contributed by atoms with E-state index in [9.17, 15) is 19.2 Å². The second kappa shape index (κ2) is 14.0. The summed E-state index contributed by atoms with van der Waals surface area (Å²) in [5.41, 5.74) is 1.39. The first-order valence-electron chi connectivity index (χ1n) is 14.9. The van der Waals surface area contributed by atoms with Crippen molar-refractivity contribution in [2.45, 2.75) is 25.2 Å². The number of nitrogens with one attached hydrogen (secondary N) is 3. The number of benzene rings is 2. The van der Waals surface area contributed by atoms with E-state index in [2.05, 4.69) is 31.2 Å². The molecule has 2 aromatic carbocycles. The zero-order chi connectivity index (χ0) is 32.8. The summed E-state index contributed by atoms with van der Waals surface area (Å²) in [6.07, 6.45) is 4.12. The van der Waals surface area contributed by atoms with E-state index in [1.807, 2.05) is 12.1 Å². The molecule has 0 radical (unpaired) electrons. The molecule has 5 heterocycles. The predicted octanol–water partition coefficient (Wildman–Crippen LogP) is 0.822. The van der Waals surface area contributed by atoms with Crippen LogP contribution in [0.15, 0.2) is 73.2 Å². The number of carbonyl (C=O) groups is 4. The van der Waals surface area contributed by atoms with Gasteiger partial charge in [-0.1, -0.05) is 17.3 Å². The molecule has 242 valence electrons. The Morgan fingerprint density at radius 3 is 2.70 bits per heavy atom. The first-order chi connectivity index (χ1) is 22.9. The number of likely N-dealkylation sites (tertiary alicyclic amines) is 1. The Bertz CT molecular complexity index is 1760. The second-order valence-electron chi connectivity index (χ2n) is 10.9. The summed E-state index contributed by atoms with van der Waals surface area (Å²) in [4.78, 5) is 58.7. The summed E-state index contributed by atoms with van der Waals surface area (Å²) < 4.78 is 18.9. The van der Waals surface area contributed by atoms with E-state index in [-0.39, 0.29) is 72.9 Å². The fourth-order valence-electron chi connectivity index (χ4n) is 5.28. The lowest BCUT2D eigenvalue weighted by molar-refractivity contribution is -0.123. The zero-order valence-electron chi connectivity index (χ0n) is 25.4. The maximum absolute atomic E-state index is 13.8. The van der Waals surface area contributed by atoms with E-state index in [4.69, 9.17) is 14.2 Å². The Morgan fingerprint density at radius 1 is 1.06 bits per heavy atom. The number of carbonyl (C=O) groups excluding carboxylic acids is 4. The second-order valence-corrected chi connectivity index (χ2v) is 10.9. The van der Waals surface area contributed by atoms with Gasteiger partial charge in [0.05, 0.1) is 32.4 Å². The molecule has 4 amide bonds. The van der Waals surface area contributed by atoms with Crippen molar-refractivity contribution in [3.05, 3.63) is 95.4 Å². The van der Waals surface area contributed by atoms with E-state index >= 15 is 0 Å². The van der Waals surface area contributed by atoms with Crippen LogP contribution in [-0.2, 0) is 17.9 Å². The van der Waals surface area contributed by atoms with Crippen LogP contribution in [0.2, 0.25) is 0 Å². The van der Waals surface area contributed by atoms with Gasteiger partial charge in [0.2, 0.25) is 5.88 Å². The molecule has 3 N–H and O–H groups in total. The molecule has 1 fully saturated rings. The molecule has 3 aliphatic rings. The van der Waals surface area contributed by atoms with Crippen LogP contribution < -0.4 is 30.2 Å². The third-order valence-electron chi connectivity index (χ3n) is 7.66. The van der Waals surface area contributed by atoms with E-state index < -0.39 is 24.0 Å². The quantitative estimate of drug-likeness (QED) is 0.273. The highest BCUT2D eigenvalue weighted by molar-refractivity contribution is 6.01. The van der Waals surface area contributed by atoms with Crippen LogP contribution in [0.5, 0.6) is 17.4 Å². The van der Waals surface area contributed by atoms with Gasteiger partial charge in [-0.2, -0.15) is 0 Å². The average Bonchev–Trinajstić information content (AvgIpc) is 3.76. The molecule has 2 aromatic heterocycles. The van der Waals surface area contributed by atoms with Gasteiger partial charge >= 0.3 is 0 Å². The Balaban J connectivity index is 1.27. The van der Waals surface area contributed by atoms with Crippen LogP contribution in [0.25, 0.3) is 0 Å². The van der Waals surface area contributed by atoms with E-state index in [1.54, 1.807) is 40.0 Å². The van der Waals surface area contributed by atoms with Gasteiger partial charge in [-0.3, -0.25) is 23.9 Å². The number of hydrogen-bond acceptors (Lipinski definition) is 10. The van der Waals surface area contributed by atoms with Gasteiger partial charge in [0.25, 0.3) is 23.6 Å². The molecular weight excluding hydrogens is 608 g/mol. The minimum atomic E-state index is -0.628. The van der Waals surface area contributed by atoms with Crippen molar-refractivity contribution in [2.75, 3.05) is 33.4 Å². The Kier molecular flexibility index (Phi) is 9.22. The van der Waals surface area contributed by atoms with Crippen LogP contribution in [0.4, 0.5) is 0 Å². The molecule has 47 heavy (non-hydrogen) atoms. The van der Waals surface area contributed by atoms with Crippen LogP contribution >= 0.6 is 0 Å². The maximum atomic E-state index is 13.8. The van der Waals surface area contributed by atoms with Crippen molar-refractivity contribution in [1.29, 1.82) is 0 Å². The topological polar surface area (TPSA) is 179 Å². The van der Waals surface area contributed by atoms with Gasteiger partial charge in [-0.25, -0.2) is 4.98 Å². The third-order valence-corrected chi connectivity index (χ3v) is 7.66. The van der Waals surface area contributed by atoms with Crippen LogP contribution in [0, 0.1) is 0 Å². The summed E-state index contributed by atoms with van der Waals surface area (Å²) in [7, 11) is 1.44. The largest absolute Gasteiger partial charge is 0.486 e.